The summed E-state index contributed by atoms with van der Waals surface area (Å²) in [5.41, 5.74) is 9.26. The van der Waals surface area contributed by atoms with E-state index in [1.165, 1.54) is 23.3 Å². The van der Waals surface area contributed by atoms with Gasteiger partial charge in [-0.25, -0.2) is 4.39 Å². The molecule has 0 aliphatic carbocycles. The average Bonchev–Trinajstić information content (AvgIpc) is 2.44. The molecule has 1 atom stereocenters. The van der Waals surface area contributed by atoms with Crippen LogP contribution < -0.4 is 5.73 Å². The highest BCUT2D eigenvalue weighted by molar-refractivity contribution is 6.31. The molecule has 0 saturated carbocycles. The number of benzene rings is 2. The van der Waals surface area contributed by atoms with Crippen molar-refractivity contribution in [2.24, 2.45) is 5.73 Å². The molecule has 2 aromatic rings. The molecule has 0 bridgehead atoms. The van der Waals surface area contributed by atoms with Crippen molar-refractivity contribution < 1.29 is 4.39 Å². The summed E-state index contributed by atoms with van der Waals surface area (Å²) in [7, 11) is 2.00. The van der Waals surface area contributed by atoms with E-state index < -0.39 is 0 Å². The van der Waals surface area contributed by atoms with Gasteiger partial charge >= 0.3 is 0 Å². The van der Waals surface area contributed by atoms with E-state index in [2.05, 4.69) is 24.0 Å². The number of rotatable bonds is 5. The van der Waals surface area contributed by atoms with E-state index in [4.69, 9.17) is 17.3 Å². The Morgan fingerprint density at radius 2 is 1.95 bits per heavy atom. The fourth-order valence-electron chi connectivity index (χ4n) is 2.48. The molecular formula is C17H20ClFN2. The molecule has 0 radical (unpaired) electrons. The highest BCUT2D eigenvalue weighted by Gasteiger charge is 2.19. The van der Waals surface area contributed by atoms with Gasteiger partial charge in [-0.1, -0.05) is 41.9 Å². The van der Waals surface area contributed by atoms with E-state index in [9.17, 15) is 4.39 Å². The molecule has 0 heterocycles. The van der Waals surface area contributed by atoms with Crippen LogP contribution in [0.25, 0.3) is 0 Å². The fourth-order valence-corrected chi connectivity index (χ4v) is 2.78. The van der Waals surface area contributed by atoms with E-state index in [0.717, 1.165) is 12.1 Å². The zero-order chi connectivity index (χ0) is 15.4. The predicted octanol–water partition coefficient (Wildman–Crippen LogP) is 3.92. The van der Waals surface area contributed by atoms with Crippen LogP contribution in [0, 0.1) is 12.7 Å². The normalized spacial score (nSPS) is 12.7. The third-order valence-electron chi connectivity index (χ3n) is 3.76. The van der Waals surface area contributed by atoms with Crippen LogP contribution in [-0.4, -0.2) is 18.5 Å². The standard InChI is InChI=1S/C17H20ClFN2/c1-12-5-3-4-6-13(12)11-21(2)17(10-20)15-8-7-14(19)9-16(15)18/h3-9,17H,10-11,20H2,1-2H3. The lowest BCUT2D eigenvalue weighted by Gasteiger charge is -2.28. The van der Waals surface area contributed by atoms with Crippen LogP contribution in [0.4, 0.5) is 4.39 Å². The second-order valence-corrected chi connectivity index (χ2v) is 5.67. The first-order valence-corrected chi connectivity index (χ1v) is 7.30. The summed E-state index contributed by atoms with van der Waals surface area (Å²) >= 11 is 6.16. The molecule has 0 aliphatic heterocycles. The summed E-state index contributed by atoms with van der Waals surface area (Å²) in [5, 5.41) is 0.419. The molecule has 0 aromatic heterocycles. The fraction of sp³-hybridized carbons (Fsp3) is 0.294. The van der Waals surface area contributed by atoms with Crippen molar-refractivity contribution in [3.63, 3.8) is 0 Å². The topological polar surface area (TPSA) is 29.3 Å². The molecule has 2 N–H and O–H groups in total. The number of hydrogen-bond donors (Lipinski definition) is 1. The van der Waals surface area contributed by atoms with Gasteiger partial charge in [0.2, 0.25) is 0 Å². The number of nitrogens with two attached hydrogens (primary N) is 1. The summed E-state index contributed by atoms with van der Waals surface area (Å²) < 4.78 is 13.2. The van der Waals surface area contributed by atoms with Gasteiger partial charge in [-0.2, -0.15) is 0 Å². The van der Waals surface area contributed by atoms with Gasteiger partial charge in [0.15, 0.2) is 0 Å². The van der Waals surface area contributed by atoms with Crippen molar-refractivity contribution in [2.45, 2.75) is 19.5 Å². The SMILES string of the molecule is Cc1ccccc1CN(C)C(CN)c1ccc(F)cc1Cl. The highest BCUT2D eigenvalue weighted by atomic mass is 35.5. The summed E-state index contributed by atoms with van der Waals surface area (Å²) in [6.45, 7) is 3.28. The first kappa shape index (κ1) is 16.0. The first-order valence-electron chi connectivity index (χ1n) is 6.92. The second kappa shape index (κ2) is 7.03. The minimum atomic E-state index is -0.332. The van der Waals surface area contributed by atoms with E-state index in [1.807, 2.05) is 19.2 Å². The van der Waals surface area contributed by atoms with Crippen molar-refractivity contribution in [2.75, 3.05) is 13.6 Å². The lowest BCUT2D eigenvalue weighted by molar-refractivity contribution is 0.241. The summed E-state index contributed by atoms with van der Waals surface area (Å²) in [4.78, 5) is 2.14. The molecular weight excluding hydrogens is 287 g/mol. The molecule has 112 valence electrons. The van der Waals surface area contributed by atoms with Gasteiger partial charge in [-0.05, 0) is 42.8 Å². The molecule has 21 heavy (non-hydrogen) atoms. The van der Waals surface area contributed by atoms with Crippen LogP contribution in [0.1, 0.15) is 22.7 Å². The van der Waals surface area contributed by atoms with Crippen LogP contribution in [-0.2, 0) is 6.54 Å². The minimum absolute atomic E-state index is 0.0438. The summed E-state index contributed by atoms with van der Waals surface area (Å²) in [6.07, 6.45) is 0. The van der Waals surface area contributed by atoms with Gasteiger partial charge in [0, 0.05) is 24.2 Å². The number of halogens is 2. The molecule has 0 fully saturated rings. The Balaban J connectivity index is 2.22. The molecule has 4 heteroatoms. The van der Waals surface area contributed by atoms with E-state index >= 15 is 0 Å². The van der Waals surface area contributed by atoms with Gasteiger partial charge in [-0.15, -0.1) is 0 Å². The third kappa shape index (κ3) is 3.82. The van der Waals surface area contributed by atoms with Gasteiger partial charge in [-0.3, -0.25) is 4.90 Å². The maximum Gasteiger partial charge on any atom is 0.124 e. The average molecular weight is 307 g/mol. The highest BCUT2D eigenvalue weighted by Crippen LogP contribution is 2.28. The largest absolute Gasteiger partial charge is 0.329 e. The molecule has 0 aliphatic rings. The molecule has 2 rings (SSSR count). The van der Waals surface area contributed by atoms with Crippen LogP contribution in [0.2, 0.25) is 5.02 Å². The first-order chi connectivity index (χ1) is 10.0. The molecule has 0 saturated heterocycles. The predicted molar refractivity (Wildman–Crippen MR) is 85.9 cm³/mol. The van der Waals surface area contributed by atoms with Gasteiger partial charge in [0.05, 0.1) is 0 Å². The lowest BCUT2D eigenvalue weighted by Crippen LogP contribution is -2.30. The minimum Gasteiger partial charge on any atom is -0.329 e. The van der Waals surface area contributed by atoms with Crippen LogP contribution in [0.15, 0.2) is 42.5 Å². The lowest BCUT2D eigenvalue weighted by atomic mass is 10.0. The zero-order valence-corrected chi connectivity index (χ0v) is 13.1. The quantitative estimate of drug-likeness (QED) is 0.907. The Kier molecular flexibility index (Phi) is 5.34. The molecule has 2 nitrogen and oxygen atoms in total. The molecule has 1 unspecified atom stereocenters. The van der Waals surface area contributed by atoms with Crippen molar-refractivity contribution >= 4 is 11.6 Å². The second-order valence-electron chi connectivity index (χ2n) is 5.26. The zero-order valence-electron chi connectivity index (χ0n) is 12.3. The van der Waals surface area contributed by atoms with Gasteiger partial charge in [0.25, 0.3) is 0 Å². The summed E-state index contributed by atoms with van der Waals surface area (Å²) in [5.74, 6) is -0.332. The smallest absolute Gasteiger partial charge is 0.124 e. The number of nitrogens with zero attached hydrogens (tertiary/aromatic N) is 1. The molecule has 0 amide bonds. The van der Waals surface area contributed by atoms with Crippen LogP contribution in [0.5, 0.6) is 0 Å². The van der Waals surface area contributed by atoms with Crippen molar-refractivity contribution in [1.82, 2.24) is 4.90 Å². The van der Waals surface area contributed by atoms with Crippen molar-refractivity contribution in [3.8, 4) is 0 Å². The van der Waals surface area contributed by atoms with E-state index in [-0.39, 0.29) is 11.9 Å². The monoisotopic (exact) mass is 306 g/mol. The third-order valence-corrected chi connectivity index (χ3v) is 4.09. The molecule has 0 spiro atoms. The summed E-state index contributed by atoms with van der Waals surface area (Å²) in [6, 6.07) is 12.7. The Bertz CT molecular complexity index is 615. The van der Waals surface area contributed by atoms with Crippen LogP contribution in [0.3, 0.4) is 0 Å². The number of aryl methyl sites for hydroxylation is 1. The van der Waals surface area contributed by atoms with Crippen LogP contribution >= 0.6 is 11.6 Å². The Morgan fingerprint density at radius 3 is 2.57 bits per heavy atom. The van der Waals surface area contributed by atoms with Gasteiger partial charge < -0.3 is 5.73 Å². The van der Waals surface area contributed by atoms with Crippen molar-refractivity contribution in [1.29, 1.82) is 0 Å². The molecule has 2 aromatic carbocycles. The maximum absolute atomic E-state index is 13.2. The van der Waals surface area contributed by atoms with Crippen molar-refractivity contribution in [3.05, 3.63) is 70.0 Å². The van der Waals surface area contributed by atoms with Gasteiger partial charge in [0.1, 0.15) is 5.82 Å². The number of hydrogen-bond acceptors (Lipinski definition) is 2. The Hall–Kier alpha value is -1.42. The Labute approximate surface area is 130 Å². The maximum atomic E-state index is 13.2. The number of likely N-dealkylation sites (N-methyl/N-ethyl adjacent to an activating group) is 1. The Morgan fingerprint density at radius 1 is 1.24 bits per heavy atom. The van der Waals surface area contributed by atoms with E-state index in [1.54, 1.807) is 6.07 Å². The van der Waals surface area contributed by atoms with E-state index in [0.29, 0.717) is 11.6 Å².